The topological polar surface area (TPSA) is 59.1 Å². The lowest BCUT2D eigenvalue weighted by Gasteiger charge is -2.42. The van der Waals surface area contributed by atoms with Crippen molar-refractivity contribution in [3.8, 4) is 0 Å². The molecule has 0 spiro atoms. The lowest BCUT2D eigenvalue weighted by Crippen LogP contribution is -2.40. The van der Waals surface area contributed by atoms with E-state index in [1.54, 1.807) is 6.20 Å². The van der Waals surface area contributed by atoms with Gasteiger partial charge < -0.3 is 10.8 Å². The lowest BCUT2D eigenvalue weighted by molar-refractivity contribution is -0.0733. The minimum absolute atomic E-state index is 0.455. The third kappa shape index (κ3) is 1.29. The van der Waals surface area contributed by atoms with Crippen LogP contribution < -0.4 is 5.73 Å². The molecule has 3 nitrogen and oxygen atoms in total. The first kappa shape index (κ1) is 8.51. The molecule has 0 aromatic carbocycles. The van der Waals surface area contributed by atoms with Gasteiger partial charge in [0.2, 0.25) is 0 Å². The molecule has 1 aliphatic carbocycles. The summed E-state index contributed by atoms with van der Waals surface area (Å²) in [5.74, 6) is 1.04. The van der Waals surface area contributed by atoms with Gasteiger partial charge in [0.05, 0.1) is 5.60 Å². The van der Waals surface area contributed by atoms with Gasteiger partial charge in [-0.25, -0.2) is 4.98 Å². The molecule has 13 heavy (non-hydrogen) atoms. The summed E-state index contributed by atoms with van der Waals surface area (Å²) in [5.41, 5.74) is 5.77. The molecule has 1 aliphatic rings. The number of nitrogens with zero attached hydrogens (tertiary/aromatic N) is 1. The van der Waals surface area contributed by atoms with Crippen molar-refractivity contribution in [3.63, 3.8) is 0 Å². The molecule has 3 heteroatoms. The monoisotopic (exact) mass is 178 g/mol. The van der Waals surface area contributed by atoms with E-state index in [0.29, 0.717) is 11.7 Å². The number of hydrogen-bond donors (Lipinski definition) is 2. The van der Waals surface area contributed by atoms with Crippen molar-refractivity contribution in [1.82, 2.24) is 4.98 Å². The Labute approximate surface area is 77.6 Å². The number of pyridine rings is 1. The summed E-state index contributed by atoms with van der Waals surface area (Å²) >= 11 is 0. The molecular weight excluding hydrogens is 164 g/mol. The molecule has 1 aromatic heterocycles. The zero-order valence-corrected chi connectivity index (χ0v) is 7.70. The van der Waals surface area contributed by atoms with Gasteiger partial charge in [0, 0.05) is 11.8 Å². The number of rotatable bonds is 1. The summed E-state index contributed by atoms with van der Waals surface area (Å²) in [5, 5.41) is 10.1. The van der Waals surface area contributed by atoms with Crippen molar-refractivity contribution in [2.45, 2.75) is 25.4 Å². The average Bonchev–Trinajstić information content (AvgIpc) is 2.02. The molecule has 0 radical (unpaired) electrons. The molecule has 1 fully saturated rings. The Morgan fingerprint density at radius 1 is 1.62 bits per heavy atom. The van der Waals surface area contributed by atoms with Crippen LogP contribution in [-0.2, 0) is 5.60 Å². The van der Waals surface area contributed by atoms with Gasteiger partial charge >= 0.3 is 0 Å². The molecule has 2 rings (SSSR count). The SMILES string of the molecule is CC1CC(O)(c2cccnc2N)C1. The molecule has 70 valence electrons. The van der Waals surface area contributed by atoms with Gasteiger partial charge in [-0.1, -0.05) is 13.0 Å². The number of aromatic nitrogens is 1. The third-order valence-electron chi connectivity index (χ3n) is 2.71. The summed E-state index contributed by atoms with van der Waals surface area (Å²) in [6.45, 7) is 2.13. The van der Waals surface area contributed by atoms with Gasteiger partial charge in [0.1, 0.15) is 5.82 Å². The van der Waals surface area contributed by atoms with Crippen LogP contribution in [0, 0.1) is 5.92 Å². The maximum atomic E-state index is 10.1. The molecule has 0 atom stereocenters. The highest BCUT2D eigenvalue weighted by atomic mass is 16.3. The van der Waals surface area contributed by atoms with Gasteiger partial charge in [-0.2, -0.15) is 0 Å². The Balaban J connectivity index is 2.31. The molecule has 0 aliphatic heterocycles. The quantitative estimate of drug-likeness (QED) is 0.681. The van der Waals surface area contributed by atoms with E-state index in [2.05, 4.69) is 11.9 Å². The molecule has 0 unspecified atom stereocenters. The summed E-state index contributed by atoms with van der Waals surface area (Å²) in [6, 6.07) is 3.67. The second kappa shape index (κ2) is 2.70. The molecule has 0 bridgehead atoms. The third-order valence-corrected chi connectivity index (χ3v) is 2.71. The standard InChI is InChI=1S/C10H14N2O/c1-7-5-10(13,6-7)8-3-2-4-12-9(8)11/h2-4,7,13H,5-6H2,1H3,(H2,11,12). The van der Waals surface area contributed by atoms with Crippen molar-refractivity contribution in [2.24, 2.45) is 5.92 Å². The van der Waals surface area contributed by atoms with Crippen LogP contribution in [0.25, 0.3) is 0 Å². The van der Waals surface area contributed by atoms with E-state index >= 15 is 0 Å². The molecule has 1 heterocycles. The van der Waals surface area contributed by atoms with Crippen LogP contribution in [-0.4, -0.2) is 10.1 Å². The molecule has 3 N–H and O–H groups in total. The van der Waals surface area contributed by atoms with Crippen molar-refractivity contribution in [3.05, 3.63) is 23.9 Å². The number of nitrogens with two attached hydrogens (primary N) is 1. The lowest BCUT2D eigenvalue weighted by atomic mass is 9.68. The van der Waals surface area contributed by atoms with Gasteiger partial charge in [-0.3, -0.25) is 0 Å². The highest BCUT2D eigenvalue weighted by Gasteiger charge is 2.42. The zero-order valence-electron chi connectivity index (χ0n) is 7.70. The van der Waals surface area contributed by atoms with Gasteiger partial charge in [0.25, 0.3) is 0 Å². The maximum Gasteiger partial charge on any atom is 0.129 e. The fraction of sp³-hybridized carbons (Fsp3) is 0.500. The van der Waals surface area contributed by atoms with Crippen molar-refractivity contribution >= 4 is 5.82 Å². The largest absolute Gasteiger partial charge is 0.385 e. The van der Waals surface area contributed by atoms with Crippen molar-refractivity contribution in [1.29, 1.82) is 0 Å². The highest BCUT2D eigenvalue weighted by Crippen LogP contribution is 2.46. The van der Waals surface area contributed by atoms with Crippen LogP contribution in [0.1, 0.15) is 25.3 Å². The molecule has 0 amide bonds. The van der Waals surface area contributed by atoms with Gasteiger partial charge in [-0.05, 0) is 24.8 Å². The molecule has 1 saturated carbocycles. The molecule has 0 saturated heterocycles. The average molecular weight is 178 g/mol. The summed E-state index contributed by atoms with van der Waals surface area (Å²) in [6.07, 6.45) is 3.23. The van der Waals surface area contributed by atoms with E-state index in [-0.39, 0.29) is 0 Å². The Bertz CT molecular complexity index is 318. The Hall–Kier alpha value is -1.09. The first-order valence-electron chi connectivity index (χ1n) is 4.55. The van der Waals surface area contributed by atoms with Gasteiger partial charge in [-0.15, -0.1) is 0 Å². The molecular formula is C10H14N2O. The summed E-state index contributed by atoms with van der Waals surface area (Å²) in [4.78, 5) is 3.97. The van der Waals surface area contributed by atoms with Crippen LogP contribution in [0.3, 0.4) is 0 Å². The van der Waals surface area contributed by atoms with E-state index in [0.717, 1.165) is 18.4 Å². The Morgan fingerprint density at radius 2 is 2.31 bits per heavy atom. The smallest absolute Gasteiger partial charge is 0.129 e. The fourth-order valence-electron chi connectivity index (χ4n) is 2.12. The highest BCUT2D eigenvalue weighted by molar-refractivity contribution is 5.43. The normalized spacial score (nSPS) is 32.6. The van der Waals surface area contributed by atoms with E-state index in [1.165, 1.54) is 0 Å². The van der Waals surface area contributed by atoms with Gasteiger partial charge in [0.15, 0.2) is 0 Å². The predicted octanol–water partition coefficient (Wildman–Crippen LogP) is 1.28. The van der Waals surface area contributed by atoms with Crippen molar-refractivity contribution in [2.75, 3.05) is 5.73 Å². The predicted molar refractivity (Wildman–Crippen MR) is 50.9 cm³/mol. The van der Waals surface area contributed by atoms with E-state index < -0.39 is 5.60 Å². The number of hydrogen-bond acceptors (Lipinski definition) is 3. The van der Waals surface area contributed by atoms with Crippen LogP contribution in [0.4, 0.5) is 5.82 Å². The zero-order chi connectivity index (χ0) is 9.47. The second-order valence-corrected chi connectivity index (χ2v) is 3.98. The number of aliphatic hydroxyl groups is 1. The summed E-state index contributed by atoms with van der Waals surface area (Å²) < 4.78 is 0. The van der Waals surface area contributed by atoms with E-state index in [1.807, 2.05) is 12.1 Å². The fourth-order valence-corrected chi connectivity index (χ4v) is 2.12. The maximum absolute atomic E-state index is 10.1. The van der Waals surface area contributed by atoms with Crippen LogP contribution in [0.5, 0.6) is 0 Å². The van der Waals surface area contributed by atoms with Crippen molar-refractivity contribution < 1.29 is 5.11 Å². The van der Waals surface area contributed by atoms with Crippen LogP contribution in [0.2, 0.25) is 0 Å². The Kier molecular flexibility index (Phi) is 1.77. The van der Waals surface area contributed by atoms with E-state index in [9.17, 15) is 5.11 Å². The minimum atomic E-state index is -0.711. The number of anilines is 1. The minimum Gasteiger partial charge on any atom is -0.385 e. The summed E-state index contributed by atoms with van der Waals surface area (Å²) in [7, 11) is 0. The second-order valence-electron chi connectivity index (χ2n) is 3.98. The van der Waals surface area contributed by atoms with E-state index in [4.69, 9.17) is 5.73 Å². The van der Waals surface area contributed by atoms with Crippen LogP contribution in [0.15, 0.2) is 18.3 Å². The first-order chi connectivity index (χ1) is 6.12. The number of nitrogen functional groups attached to an aromatic ring is 1. The van der Waals surface area contributed by atoms with Crippen LogP contribution >= 0.6 is 0 Å². The molecule has 1 aromatic rings. The Morgan fingerprint density at radius 3 is 2.85 bits per heavy atom. The first-order valence-corrected chi connectivity index (χ1v) is 4.55.